The molecule has 0 radical (unpaired) electrons. The number of carboxylic acids is 1. The zero-order valence-corrected chi connectivity index (χ0v) is 12.7. The number of hydrogen-bond donors (Lipinski definition) is 1. The summed E-state index contributed by atoms with van der Waals surface area (Å²) in [5.74, 6) is 0.0347. The fraction of sp³-hybridized carbons (Fsp3) is 0.500. The maximum Gasteiger partial charge on any atom is 0.335 e. The molecule has 0 aliphatic carbocycles. The van der Waals surface area contributed by atoms with Crippen molar-refractivity contribution in [1.82, 2.24) is 4.90 Å². The van der Waals surface area contributed by atoms with Gasteiger partial charge in [0.1, 0.15) is 12.4 Å². The van der Waals surface area contributed by atoms with E-state index in [1.807, 2.05) is 6.92 Å². The van der Waals surface area contributed by atoms with Crippen LogP contribution < -0.4 is 4.74 Å². The van der Waals surface area contributed by atoms with E-state index in [0.717, 1.165) is 0 Å². The molecular formula is C14H19NO5S. The Balaban J connectivity index is 1.80. The zero-order valence-electron chi connectivity index (χ0n) is 11.9. The molecule has 0 bridgehead atoms. The van der Waals surface area contributed by atoms with Crippen molar-refractivity contribution >= 4 is 15.8 Å². The smallest absolute Gasteiger partial charge is 0.335 e. The van der Waals surface area contributed by atoms with Crippen LogP contribution in [0.5, 0.6) is 5.75 Å². The van der Waals surface area contributed by atoms with Crippen molar-refractivity contribution in [3.63, 3.8) is 0 Å². The average molecular weight is 313 g/mol. The summed E-state index contributed by atoms with van der Waals surface area (Å²) in [6.45, 7) is 3.53. The van der Waals surface area contributed by atoms with Gasteiger partial charge in [-0.3, -0.25) is 4.90 Å². The topological polar surface area (TPSA) is 83.9 Å². The minimum atomic E-state index is -2.89. The van der Waals surface area contributed by atoms with E-state index in [1.54, 1.807) is 12.1 Å². The van der Waals surface area contributed by atoms with Gasteiger partial charge in [-0.15, -0.1) is 0 Å². The van der Waals surface area contributed by atoms with E-state index in [0.29, 0.717) is 25.4 Å². The monoisotopic (exact) mass is 313 g/mol. The van der Waals surface area contributed by atoms with Crippen molar-refractivity contribution in [2.75, 3.05) is 31.2 Å². The first-order valence-electron chi connectivity index (χ1n) is 6.78. The van der Waals surface area contributed by atoms with Crippen molar-refractivity contribution in [3.8, 4) is 5.75 Å². The Hall–Kier alpha value is -1.60. The second kappa shape index (κ2) is 6.44. The fourth-order valence-corrected chi connectivity index (χ4v) is 3.96. The molecule has 1 N–H and O–H groups in total. The summed E-state index contributed by atoms with van der Waals surface area (Å²) in [5.41, 5.74) is 0.220. The molecule has 2 rings (SSSR count). The van der Waals surface area contributed by atoms with Crippen molar-refractivity contribution < 1.29 is 23.1 Å². The van der Waals surface area contributed by atoms with Gasteiger partial charge in [0.25, 0.3) is 0 Å². The Bertz CT molecular complexity index is 596. The number of sulfone groups is 1. The second-order valence-corrected chi connectivity index (χ2v) is 7.41. The first kappa shape index (κ1) is 15.8. The Kier molecular flexibility index (Phi) is 4.84. The van der Waals surface area contributed by atoms with Gasteiger partial charge in [-0.05, 0) is 31.2 Å². The van der Waals surface area contributed by atoms with Gasteiger partial charge in [0, 0.05) is 19.1 Å². The Morgan fingerprint density at radius 3 is 2.62 bits per heavy atom. The number of carbonyl (C=O) groups is 1. The number of carboxylic acid groups (broad SMARTS) is 1. The Labute approximate surface area is 124 Å². The summed E-state index contributed by atoms with van der Waals surface area (Å²) in [6, 6.07) is 6.23. The molecule has 0 saturated carbocycles. The molecule has 1 heterocycles. The lowest BCUT2D eigenvalue weighted by Gasteiger charge is -2.32. The molecule has 116 valence electrons. The molecule has 0 spiro atoms. The summed E-state index contributed by atoms with van der Waals surface area (Å²) in [4.78, 5) is 12.8. The van der Waals surface area contributed by atoms with Crippen molar-refractivity contribution in [2.45, 2.75) is 13.0 Å². The van der Waals surface area contributed by atoms with E-state index in [2.05, 4.69) is 4.90 Å². The standard InChI is InChI=1S/C14H19NO5S/c1-11-10-21(18,19)9-7-15(11)6-8-20-13-4-2-12(3-5-13)14(16)17/h2-5,11H,6-10H2,1H3,(H,16,17). The lowest BCUT2D eigenvalue weighted by atomic mass is 10.2. The number of nitrogens with zero attached hydrogens (tertiary/aromatic N) is 1. The average Bonchev–Trinajstić information content (AvgIpc) is 2.41. The lowest BCUT2D eigenvalue weighted by molar-refractivity contribution is 0.0697. The largest absolute Gasteiger partial charge is 0.492 e. The highest BCUT2D eigenvalue weighted by molar-refractivity contribution is 7.91. The van der Waals surface area contributed by atoms with Crippen LogP contribution >= 0.6 is 0 Å². The number of aromatic carboxylic acids is 1. The molecule has 0 amide bonds. The molecule has 1 aliphatic rings. The van der Waals surface area contributed by atoms with Crippen LogP contribution in [0.1, 0.15) is 17.3 Å². The molecule has 1 aromatic rings. The van der Waals surface area contributed by atoms with Crippen LogP contribution in [0.3, 0.4) is 0 Å². The normalized spacial score (nSPS) is 21.9. The van der Waals surface area contributed by atoms with Crippen LogP contribution in [-0.4, -0.2) is 61.6 Å². The third kappa shape index (κ3) is 4.44. The Morgan fingerprint density at radius 2 is 2.05 bits per heavy atom. The highest BCUT2D eigenvalue weighted by atomic mass is 32.2. The van der Waals surface area contributed by atoms with Gasteiger partial charge in [-0.2, -0.15) is 0 Å². The van der Waals surface area contributed by atoms with Crippen molar-refractivity contribution in [3.05, 3.63) is 29.8 Å². The van der Waals surface area contributed by atoms with Crippen LogP contribution in [0.2, 0.25) is 0 Å². The predicted molar refractivity (Wildman–Crippen MR) is 78.6 cm³/mol. The summed E-state index contributed by atoms with van der Waals surface area (Å²) < 4.78 is 28.5. The van der Waals surface area contributed by atoms with E-state index in [-0.39, 0.29) is 23.1 Å². The molecule has 1 saturated heterocycles. The predicted octanol–water partition coefficient (Wildman–Crippen LogP) is 0.883. The van der Waals surface area contributed by atoms with Crippen LogP contribution in [0.25, 0.3) is 0 Å². The number of ether oxygens (including phenoxy) is 1. The van der Waals surface area contributed by atoms with Crippen molar-refractivity contribution in [2.24, 2.45) is 0 Å². The third-order valence-electron chi connectivity index (χ3n) is 3.56. The summed E-state index contributed by atoms with van der Waals surface area (Å²) in [7, 11) is -2.89. The summed E-state index contributed by atoms with van der Waals surface area (Å²) in [5, 5.41) is 8.80. The molecule has 21 heavy (non-hydrogen) atoms. The highest BCUT2D eigenvalue weighted by Crippen LogP contribution is 2.14. The van der Waals surface area contributed by atoms with E-state index in [1.165, 1.54) is 12.1 Å². The minimum absolute atomic E-state index is 0.00161. The van der Waals surface area contributed by atoms with Crippen LogP contribution in [0, 0.1) is 0 Å². The van der Waals surface area contributed by atoms with Crippen LogP contribution in [0.4, 0.5) is 0 Å². The molecule has 0 aromatic heterocycles. The zero-order chi connectivity index (χ0) is 15.5. The Morgan fingerprint density at radius 1 is 1.38 bits per heavy atom. The first-order chi connectivity index (χ1) is 9.87. The molecular weight excluding hydrogens is 294 g/mol. The maximum atomic E-state index is 11.5. The quantitative estimate of drug-likeness (QED) is 0.869. The molecule has 1 atom stereocenters. The molecule has 1 aromatic carbocycles. The SMILES string of the molecule is CC1CS(=O)(=O)CCN1CCOc1ccc(C(=O)O)cc1. The molecule has 1 aliphatic heterocycles. The lowest BCUT2D eigenvalue weighted by Crippen LogP contribution is -2.48. The first-order valence-corrected chi connectivity index (χ1v) is 8.60. The van der Waals surface area contributed by atoms with Gasteiger partial charge in [-0.25, -0.2) is 13.2 Å². The molecule has 1 unspecified atom stereocenters. The van der Waals surface area contributed by atoms with Gasteiger partial charge in [0.15, 0.2) is 9.84 Å². The summed E-state index contributed by atoms with van der Waals surface area (Å²) >= 11 is 0. The van der Waals surface area contributed by atoms with E-state index < -0.39 is 15.8 Å². The molecule has 1 fully saturated rings. The second-order valence-electron chi connectivity index (χ2n) is 5.18. The van der Waals surface area contributed by atoms with Gasteiger partial charge < -0.3 is 9.84 Å². The number of hydrogen-bond acceptors (Lipinski definition) is 5. The number of benzene rings is 1. The molecule has 7 heteroatoms. The van der Waals surface area contributed by atoms with E-state index in [9.17, 15) is 13.2 Å². The highest BCUT2D eigenvalue weighted by Gasteiger charge is 2.27. The minimum Gasteiger partial charge on any atom is -0.492 e. The van der Waals surface area contributed by atoms with Crippen LogP contribution in [0.15, 0.2) is 24.3 Å². The molecule has 6 nitrogen and oxygen atoms in total. The van der Waals surface area contributed by atoms with Gasteiger partial charge in [0.2, 0.25) is 0 Å². The fourth-order valence-electron chi connectivity index (χ4n) is 2.34. The van der Waals surface area contributed by atoms with Gasteiger partial charge >= 0.3 is 5.97 Å². The maximum absolute atomic E-state index is 11.5. The van der Waals surface area contributed by atoms with Crippen molar-refractivity contribution in [1.29, 1.82) is 0 Å². The third-order valence-corrected chi connectivity index (χ3v) is 5.35. The van der Waals surface area contributed by atoms with E-state index in [4.69, 9.17) is 9.84 Å². The van der Waals surface area contributed by atoms with Gasteiger partial charge in [0.05, 0.1) is 17.1 Å². The van der Waals surface area contributed by atoms with Gasteiger partial charge in [-0.1, -0.05) is 0 Å². The van der Waals surface area contributed by atoms with E-state index >= 15 is 0 Å². The van der Waals surface area contributed by atoms with Crippen LogP contribution in [-0.2, 0) is 9.84 Å². The summed E-state index contributed by atoms with van der Waals surface area (Å²) in [6.07, 6.45) is 0. The number of rotatable bonds is 5.